The van der Waals surface area contributed by atoms with Gasteiger partial charge in [0.15, 0.2) is 5.13 Å². The molecule has 1 aromatic heterocycles. The summed E-state index contributed by atoms with van der Waals surface area (Å²) in [7, 11) is 1.55. The molecule has 0 atom stereocenters. The topological polar surface area (TPSA) is 63.7 Å². The Labute approximate surface area is 132 Å². The number of thiazole rings is 1. The van der Waals surface area contributed by atoms with Gasteiger partial charge in [-0.2, -0.15) is 0 Å². The third-order valence-corrected chi connectivity index (χ3v) is 4.36. The second-order valence-corrected chi connectivity index (χ2v) is 5.77. The van der Waals surface area contributed by atoms with Gasteiger partial charge in [0, 0.05) is 13.1 Å². The summed E-state index contributed by atoms with van der Waals surface area (Å²) < 4.78 is 10.5. The molecule has 22 heavy (non-hydrogen) atoms. The van der Waals surface area contributed by atoms with Crippen molar-refractivity contribution in [3.63, 3.8) is 0 Å². The first kappa shape index (κ1) is 14.8. The van der Waals surface area contributed by atoms with Gasteiger partial charge in [0.1, 0.15) is 10.8 Å². The van der Waals surface area contributed by atoms with Gasteiger partial charge in [0.25, 0.3) is 5.91 Å². The number of carbonyl (C=O) groups excluding carboxylic acids is 1. The van der Waals surface area contributed by atoms with Crippen LogP contribution in [-0.2, 0) is 4.74 Å². The van der Waals surface area contributed by atoms with Crippen molar-refractivity contribution < 1.29 is 14.3 Å². The number of carbonyl (C=O) groups is 1. The van der Waals surface area contributed by atoms with E-state index in [0.717, 1.165) is 31.3 Å². The fourth-order valence-corrected chi connectivity index (χ4v) is 3.11. The predicted octanol–water partition coefficient (Wildman–Crippen LogP) is 2.24. The average molecular weight is 319 g/mol. The summed E-state index contributed by atoms with van der Waals surface area (Å²) in [5.41, 5.74) is 0.494. The number of nitrogens with one attached hydrogen (secondary N) is 1. The number of anilines is 2. The molecule has 0 spiro atoms. The smallest absolute Gasteiger partial charge is 0.261 e. The van der Waals surface area contributed by atoms with Gasteiger partial charge in [-0.1, -0.05) is 23.5 Å². The van der Waals surface area contributed by atoms with Crippen molar-refractivity contribution in [3.05, 3.63) is 36.0 Å². The number of ether oxygens (including phenoxy) is 2. The minimum Gasteiger partial charge on any atom is -0.496 e. The Hall–Kier alpha value is -2.12. The zero-order chi connectivity index (χ0) is 15.4. The third kappa shape index (κ3) is 3.20. The lowest BCUT2D eigenvalue weighted by atomic mass is 10.2. The summed E-state index contributed by atoms with van der Waals surface area (Å²) in [6.45, 7) is 3.14. The second-order valence-electron chi connectivity index (χ2n) is 4.76. The van der Waals surface area contributed by atoms with Gasteiger partial charge in [-0.25, -0.2) is 4.98 Å². The molecule has 0 unspecified atom stereocenters. The fraction of sp³-hybridized carbons (Fsp3) is 0.333. The molecule has 7 heteroatoms. The average Bonchev–Trinajstić information content (AvgIpc) is 3.04. The summed E-state index contributed by atoms with van der Waals surface area (Å²) in [6, 6.07) is 7.12. The molecule has 0 saturated carbocycles. The third-order valence-electron chi connectivity index (χ3n) is 3.39. The summed E-state index contributed by atoms with van der Waals surface area (Å²) in [6.07, 6.45) is 1.79. The highest BCUT2D eigenvalue weighted by atomic mass is 32.1. The molecule has 0 bridgehead atoms. The number of hydrogen-bond donors (Lipinski definition) is 1. The highest BCUT2D eigenvalue weighted by Gasteiger charge is 2.17. The maximum Gasteiger partial charge on any atom is 0.261 e. The largest absolute Gasteiger partial charge is 0.496 e. The predicted molar refractivity (Wildman–Crippen MR) is 86.1 cm³/mol. The lowest BCUT2D eigenvalue weighted by molar-refractivity contribution is 0.102. The van der Waals surface area contributed by atoms with Crippen LogP contribution in [0.3, 0.4) is 0 Å². The van der Waals surface area contributed by atoms with E-state index in [1.807, 2.05) is 6.07 Å². The van der Waals surface area contributed by atoms with Crippen LogP contribution in [0.4, 0.5) is 10.1 Å². The quantitative estimate of drug-likeness (QED) is 0.936. The Morgan fingerprint density at radius 2 is 2.14 bits per heavy atom. The van der Waals surface area contributed by atoms with Crippen molar-refractivity contribution in [1.82, 2.24) is 4.98 Å². The normalized spacial score (nSPS) is 14.7. The molecule has 1 aliphatic heterocycles. The maximum atomic E-state index is 12.3. The Kier molecular flexibility index (Phi) is 4.55. The Bertz CT molecular complexity index is 653. The Morgan fingerprint density at radius 3 is 2.91 bits per heavy atom. The maximum absolute atomic E-state index is 12.3. The molecule has 1 aromatic carbocycles. The van der Waals surface area contributed by atoms with Gasteiger partial charge in [0.2, 0.25) is 0 Å². The van der Waals surface area contributed by atoms with Gasteiger partial charge in [0.05, 0.1) is 32.1 Å². The summed E-state index contributed by atoms with van der Waals surface area (Å²) in [5, 5.41) is 4.44. The van der Waals surface area contributed by atoms with E-state index in [1.54, 1.807) is 31.5 Å². The van der Waals surface area contributed by atoms with Crippen LogP contribution in [0, 0.1) is 0 Å². The van der Waals surface area contributed by atoms with E-state index in [0.29, 0.717) is 16.4 Å². The molecule has 0 aliphatic carbocycles. The van der Waals surface area contributed by atoms with Crippen molar-refractivity contribution in [2.45, 2.75) is 0 Å². The van der Waals surface area contributed by atoms with Crippen LogP contribution in [0.2, 0.25) is 0 Å². The van der Waals surface area contributed by atoms with E-state index < -0.39 is 0 Å². The van der Waals surface area contributed by atoms with Crippen LogP contribution in [0.15, 0.2) is 30.5 Å². The molecule has 6 nitrogen and oxygen atoms in total. The SMILES string of the molecule is COc1ccccc1C(=O)Nc1ncc(N2CCOCC2)s1. The van der Waals surface area contributed by atoms with Crippen LogP contribution in [0.1, 0.15) is 10.4 Å². The van der Waals surface area contributed by atoms with Gasteiger partial charge in [-0.3, -0.25) is 10.1 Å². The number of aromatic nitrogens is 1. The molecule has 116 valence electrons. The van der Waals surface area contributed by atoms with Crippen molar-refractivity contribution in [2.75, 3.05) is 43.6 Å². The molecule has 1 aliphatic rings. The van der Waals surface area contributed by atoms with E-state index in [2.05, 4.69) is 15.2 Å². The first-order valence-corrected chi connectivity index (χ1v) is 7.82. The summed E-state index contributed by atoms with van der Waals surface area (Å²) in [4.78, 5) is 18.8. The second kappa shape index (κ2) is 6.76. The molecule has 2 aromatic rings. The monoisotopic (exact) mass is 319 g/mol. The molecule has 1 saturated heterocycles. The van der Waals surface area contributed by atoms with Crippen molar-refractivity contribution >= 4 is 27.4 Å². The highest BCUT2D eigenvalue weighted by molar-refractivity contribution is 7.19. The minimum atomic E-state index is -0.222. The highest BCUT2D eigenvalue weighted by Crippen LogP contribution is 2.28. The van der Waals surface area contributed by atoms with Crippen molar-refractivity contribution in [3.8, 4) is 5.75 Å². The fourth-order valence-electron chi connectivity index (χ4n) is 2.25. The van der Waals surface area contributed by atoms with E-state index in [1.165, 1.54) is 11.3 Å². The number of nitrogens with zero attached hydrogens (tertiary/aromatic N) is 2. The van der Waals surface area contributed by atoms with Crippen molar-refractivity contribution in [1.29, 1.82) is 0 Å². The van der Waals surface area contributed by atoms with Gasteiger partial charge >= 0.3 is 0 Å². The number of methoxy groups -OCH3 is 1. The minimum absolute atomic E-state index is 0.222. The molecule has 2 heterocycles. The molecule has 0 radical (unpaired) electrons. The first-order valence-electron chi connectivity index (χ1n) is 7.01. The van der Waals surface area contributed by atoms with E-state index in [-0.39, 0.29) is 5.91 Å². The molecule has 1 N–H and O–H groups in total. The number of morpholine rings is 1. The van der Waals surface area contributed by atoms with Crippen LogP contribution >= 0.6 is 11.3 Å². The Morgan fingerprint density at radius 1 is 1.36 bits per heavy atom. The van der Waals surface area contributed by atoms with Gasteiger partial charge < -0.3 is 14.4 Å². The van der Waals surface area contributed by atoms with E-state index in [4.69, 9.17) is 9.47 Å². The van der Waals surface area contributed by atoms with Crippen LogP contribution in [0.25, 0.3) is 0 Å². The van der Waals surface area contributed by atoms with Crippen molar-refractivity contribution in [2.24, 2.45) is 0 Å². The molecule has 3 rings (SSSR count). The standard InChI is InChI=1S/C15H17N3O3S/c1-20-12-5-3-2-4-11(12)14(19)17-15-16-10-13(22-15)18-6-8-21-9-7-18/h2-5,10H,6-9H2,1H3,(H,16,17,19). The summed E-state index contributed by atoms with van der Waals surface area (Å²) in [5.74, 6) is 0.324. The zero-order valence-corrected chi connectivity index (χ0v) is 13.1. The first-order chi connectivity index (χ1) is 10.8. The number of para-hydroxylation sites is 1. The number of rotatable bonds is 4. The lowest BCUT2D eigenvalue weighted by Gasteiger charge is -2.26. The van der Waals surface area contributed by atoms with Crippen LogP contribution in [0.5, 0.6) is 5.75 Å². The van der Waals surface area contributed by atoms with Gasteiger partial charge in [-0.05, 0) is 12.1 Å². The number of benzene rings is 1. The molecular formula is C15H17N3O3S. The molecule has 1 fully saturated rings. The van der Waals surface area contributed by atoms with Crippen LogP contribution < -0.4 is 15.0 Å². The molecule has 1 amide bonds. The van der Waals surface area contributed by atoms with Gasteiger partial charge in [-0.15, -0.1) is 0 Å². The zero-order valence-electron chi connectivity index (χ0n) is 12.2. The lowest BCUT2D eigenvalue weighted by Crippen LogP contribution is -2.35. The van der Waals surface area contributed by atoms with E-state index >= 15 is 0 Å². The van der Waals surface area contributed by atoms with E-state index in [9.17, 15) is 4.79 Å². The molecular weight excluding hydrogens is 302 g/mol. The van der Waals surface area contributed by atoms with Crippen LogP contribution in [-0.4, -0.2) is 44.3 Å². The summed E-state index contributed by atoms with van der Waals surface area (Å²) >= 11 is 1.46. The number of hydrogen-bond acceptors (Lipinski definition) is 6. The number of amides is 1. The Balaban J connectivity index is 1.70.